The number of hydrogen-bond donors (Lipinski definition) is 2. The summed E-state index contributed by atoms with van der Waals surface area (Å²) in [6.07, 6.45) is 0. The summed E-state index contributed by atoms with van der Waals surface area (Å²) in [4.78, 5) is 0. The van der Waals surface area contributed by atoms with Gasteiger partial charge in [-0.15, -0.1) is 0 Å². The van der Waals surface area contributed by atoms with Crippen LogP contribution in [-0.2, 0) is 0 Å². The third kappa shape index (κ3) is 31.1. The minimum atomic E-state index is 0. The molecule has 0 aliphatic heterocycles. The van der Waals surface area contributed by atoms with Crippen LogP contribution in [0.3, 0.4) is 0 Å². The van der Waals surface area contributed by atoms with Crippen LogP contribution in [0.5, 0.6) is 0 Å². The molecule has 0 aliphatic rings. The second kappa shape index (κ2) is 18.0. The Labute approximate surface area is 80.8 Å². The maximum Gasteiger partial charge on any atom is 1.00 e. The minimum Gasteiger partial charge on any atom is -1.00 e. The molecule has 2 nitrogen and oxygen atoms in total. The van der Waals surface area contributed by atoms with Gasteiger partial charge in [-0.2, -0.15) is 5.26 Å². The van der Waals surface area contributed by atoms with Crippen molar-refractivity contribution in [3.05, 3.63) is 0 Å². The summed E-state index contributed by atoms with van der Waals surface area (Å²) in [5.41, 5.74) is 0. The smallest absolute Gasteiger partial charge is 1.00 e. The first kappa shape index (κ1) is 16.1. The van der Waals surface area contributed by atoms with E-state index in [1.54, 1.807) is 0 Å². The van der Waals surface area contributed by atoms with Gasteiger partial charge in [0.25, 0.3) is 0 Å². The van der Waals surface area contributed by atoms with Crippen LogP contribution in [0.25, 0.3) is 0 Å². The van der Waals surface area contributed by atoms with Crippen LogP contribution in [0.4, 0.5) is 0 Å². The van der Waals surface area contributed by atoms with Crippen molar-refractivity contribution in [1.82, 2.24) is 6.15 Å². The van der Waals surface area contributed by atoms with Crippen LogP contribution in [0, 0.1) is 10.7 Å². The molecule has 4 heteroatoms. The third-order valence-corrected chi connectivity index (χ3v) is 0. The molecule has 5 heavy (non-hydrogen) atoms. The molecule has 0 atom stereocenters. The van der Waals surface area contributed by atoms with Gasteiger partial charge < -0.3 is 7.58 Å². The van der Waals surface area contributed by atoms with Crippen LogP contribution < -0.4 is 57.5 Å². The largest absolute Gasteiger partial charge is 1.00 e. The quantitative estimate of drug-likeness (QED) is 0.212. The molecule has 0 aromatic rings. The zero-order chi connectivity index (χ0) is 2.71. The summed E-state index contributed by atoms with van der Waals surface area (Å²) >= 11 is 3.09. The summed E-state index contributed by atoms with van der Waals surface area (Å²) in [7, 11) is 0. The summed E-state index contributed by atoms with van der Waals surface area (Å²) in [5.74, 6) is 0. The van der Waals surface area contributed by atoms with Crippen molar-refractivity contribution in [3.8, 4) is 5.40 Å². The van der Waals surface area contributed by atoms with E-state index in [1.807, 2.05) is 0 Å². The van der Waals surface area contributed by atoms with Gasteiger partial charge in [0, 0.05) is 0 Å². The van der Waals surface area contributed by atoms with Gasteiger partial charge >= 0.3 is 51.4 Å². The molecular formula is CH5KN2S. The zero-order valence-corrected chi connectivity index (χ0v) is 7.12. The maximum atomic E-state index is 7.18. The molecule has 0 aliphatic carbocycles. The average Bonchev–Trinajstić information content (AvgIpc) is 0.918. The van der Waals surface area contributed by atoms with Crippen LogP contribution in [0.15, 0.2) is 0 Å². The summed E-state index contributed by atoms with van der Waals surface area (Å²) < 4.78 is 0. The molecule has 0 aromatic heterocycles. The van der Waals surface area contributed by atoms with Gasteiger partial charge in [0.15, 0.2) is 0 Å². The number of nitriles is 1. The fraction of sp³-hybridized carbons (Fsp3) is 0. The van der Waals surface area contributed by atoms with E-state index in [0.717, 1.165) is 0 Å². The van der Waals surface area contributed by atoms with E-state index in [-0.39, 0.29) is 59.0 Å². The molecule has 0 radical (unpaired) electrons. The van der Waals surface area contributed by atoms with Crippen LogP contribution in [-0.4, -0.2) is 0 Å². The Bertz CT molecular complexity index is 35.0. The monoisotopic (exact) mass is 116 g/mol. The van der Waals surface area contributed by atoms with Crippen LogP contribution in [0.1, 0.15) is 1.43 Å². The van der Waals surface area contributed by atoms with E-state index >= 15 is 0 Å². The summed E-state index contributed by atoms with van der Waals surface area (Å²) in [6, 6.07) is 0. The predicted octanol–water partition coefficient (Wildman–Crippen LogP) is -2.32. The Balaban J connectivity index is -0.00000000667. The second-order valence-corrected chi connectivity index (χ2v) is 0.300. The van der Waals surface area contributed by atoms with Gasteiger partial charge in [0.2, 0.25) is 0 Å². The van der Waals surface area contributed by atoms with E-state index in [0.29, 0.717) is 0 Å². The van der Waals surface area contributed by atoms with Crippen molar-refractivity contribution in [1.29, 1.82) is 5.26 Å². The Morgan fingerprint density at radius 2 is 1.80 bits per heavy atom. The average molecular weight is 116 g/mol. The Kier molecular flexibility index (Phi) is 58.1. The van der Waals surface area contributed by atoms with Crippen molar-refractivity contribution < 1.29 is 52.8 Å². The van der Waals surface area contributed by atoms with Crippen molar-refractivity contribution in [2.24, 2.45) is 0 Å². The molecule has 0 rings (SSSR count). The van der Waals surface area contributed by atoms with Crippen molar-refractivity contribution in [3.63, 3.8) is 0 Å². The van der Waals surface area contributed by atoms with E-state index < -0.39 is 0 Å². The summed E-state index contributed by atoms with van der Waals surface area (Å²) in [5, 5.41) is 8.63. The Morgan fingerprint density at radius 3 is 1.80 bits per heavy atom. The molecule has 0 saturated heterocycles. The number of thiol groups is 1. The van der Waals surface area contributed by atoms with E-state index in [4.69, 9.17) is 5.26 Å². The molecule has 0 saturated carbocycles. The molecular weight excluding hydrogens is 111 g/mol. The van der Waals surface area contributed by atoms with Gasteiger partial charge in [0.05, 0.1) is 0 Å². The predicted molar refractivity (Wildman–Crippen MR) is 20.7 cm³/mol. The standard InChI is InChI=1S/CHNS.K.H3N.H/c2-1-3;;;/h3H;;1H3;/q;+1;;-1. The second-order valence-electron chi connectivity index (χ2n) is 0.100. The molecule has 0 spiro atoms. The molecule has 26 valence electrons. The van der Waals surface area contributed by atoms with E-state index in [2.05, 4.69) is 12.6 Å². The van der Waals surface area contributed by atoms with Gasteiger partial charge in [-0.3, -0.25) is 0 Å². The number of thiocyanates is 1. The van der Waals surface area contributed by atoms with Crippen LogP contribution >= 0.6 is 12.6 Å². The Morgan fingerprint density at radius 1 is 1.80 bits per heavy atom. The first-order chi connectivity index (χ1) is 1.41. The molecule has 3 N–H and O–H groups in total. The number of rotatable bonds is 0. The molecule has 0 unspecified atom stereocenters. The van der Waals surface area contributed by atoms with Gasteiger partial charge in [-0.25, -0.2) is 0 Å². The van der Waals surface area contributed by atoms with Gasteiger partial charge in [-0.1, -0.05) is 12.6 Å². The number of hydrogen-bond acceptors (Lipinski definition) is 3. The van der Waals surface area contributed by atoms with E-state index in [1.165, 1.54) is 5.40 Å². The topological polar surface area (TPSA) is 58.8 Å². The molecule has 0 amide bonds. The molecule has 0 bridgehead atoms. The first-order valence-corrected chi connectivity index (χ1v) is 0.894. The fourth-order valence-electron chi connectivity index (χ4n) is 0. The zero-order valence-electron chi connectivity index (χ0n) is 4.10. The minimum absolute atomic E-state index is 0. The third-order valence-electron chi connectivity index (χ3n) is 0. The molecule has 0 heterocycles. The Hall–Kier alpha value is 1.44. The van der Waals surface area contributed by atoms with Crippen LogP contribution in [0.2, 0.25) is 0 Å². The fourth-order valence-corrected chi connectivity index (χ4v) is 0. The normalized spacial score (nSPS) is 1.60. The SMILES string of the molecule is N.N#CS.[H-].[K+]. The summed E-state index contributed by atoms with van der Waals surface area (Å²) in [6.45, 7) is 0. The van der Waals surface area contributed by atoms with E-state index in [9.17, 15) is 0 Å². The van der Waals surface area contributed by atoms with Crippen molar-refractivity contribution in [2.45, 2.75) is 0 Å². The van der Waals surface area contributed by atoms with Crippen molar-refractivity contribution in [2.75, 3.05) is 0 Å². The van der Waals surface area contributed by atoms with Crippen molar-refractivity contribution >= 4 is 12.6 Å². The molecule has 0 aromatic carbocycles. The van der Waals surface area contributed by atoms with Gasteiger partial charge in [0.1, 0.15) is 5.40 Å². The molecule has 0 fully saturated rings. The van der Waals surface area contributed by atoms with Gasteiger partial charge in [-0.05, 0) is 0 Å². The maximum absolute atomic E-state index is 7.18. The number of nitrogens with zero attached hydrogens (tertiary/aromatic N) is 1. The first-order valence-electron chi connectivity index (χ1n) is 0.447.